The Hall–Kier alpha value is -2.14. The van der Waals surface area contributed by atoms with E-state index in [1.807, 2.05) is 31.2 Å². The summed E-state index contributed by atoms with van der Waals surface area (Å²) in [6, 6.07) is 7.45. The highest BCUT2D eigenvalue weighted by molar-refractivity contribution is 5.93. The molecule has 0 fully saturated rings. The van der Waals surface area contributed by atoms with Gasteiger partial charge in [-0.15, -0.1) is 0 Å². The highest BCUT2D eigenvalue weighted by Gasteiger charge is 2.47. The Kier molecular flexibility index (Phi) is 3.16. The minimum Gasteiger partial charge on any atom is -0.478 e. The maximum atomic E-state index is 11.3. The zero-order valence-electron chi connectivity index (χ0n) is 10.6. The number of aliphatic carboxylic acids is 2. The number of carboxylic acids is 2. The lowest BCUT2D eigenvalue weighted by molar-refractivity contribution is -0.444. The standard InChI is InChI=1S/C14H15NO4/c1-8-2-4-9(5-3-8)10-6-14(15,13(18)19)7-11(10)12(16)17/h2-5,7,10H,6,15H2,1H3,(H,16,17)(H,18,19)/p+1/t10-,14-/m0/s1. The summed E-state index contributed by atoms with van der Waals surface area (Å²) in [5.41, 5.74) is 4.29. The first-order chi connectivity index (χ1) is 8.83. The largest absolute Gasteiger partial charge is 0.478 e. The van der Waals surface area contributed by atoms with Crippen molar-refractivity contribution >= 4 is 11.9 Å². The second kappa shape index (κ2) is 4.51. The van der Waals surface area contributed by atoms with Crippen molar-refractivity contribution in [3.63, 3.8) is 0 Å². The van der Waals surface area contributed by atoms with Gasteiger partial charge in [-0.25, -0.2) is 9.59 Å². The Balaban J connectivity index is 2.42. The second-order valence-electron chi connectivity index (χ2n) is 5.03. The van der Waals surface area contributed by atoms with Gasteiger partial charge in [0.25, 0.3) is 0 Å². The number of hydrogen-bond acceptors (Lipinski definition) is 2. The van der Waals surface area contributed by atoms with E-state index in [9.17, 15) is 19.8 Å². The molecule has 1 aromatic carbocycles. The van der Waals surface area contributed by atoms with E-state index in [1.165, 1.54) is 6.08 Å². The predicted molar refractivity (Wildman–Crippen MR) is 67.5 cm³/mol. The zero-order chi connectivity index (χ0) is 14.2. The lowest BCUT2D eigenvalue weighted by atomic mass is 9.89. The number of carboxylic acid groups (broad SMARTS) is 2. The van der Waals surface area contributed by atoms with Crippen LogP contribution in [0, 0.1) is 6.92 Å². The van der Waals surface area contributed by atoms with Crippen LogP contribution in [0.5, 0.6) is 0 Å². The van der Waals surface area contributed by atoms with E-state index in [4.69, 9.17) is 0 Å². The quantitative estimate of drug-likeness (QED) is 0.740. The van der Waals surface area contributed by atoms with Crippen molar-refractivity contribution in [3.05, 3.63) is 47.0 Å². The highest BCUT2D eigenvalue weighted by Crippen LogP contribution is 2.39. The van der Waals surface area contributed by atoms with Crippen LogP contribution < -0.4 is 5.73 Å². The first-order valence-corrected chi connectivity index (χ1v) is 5.95. The molecule has 0 heterocycles. The molecule has 0 aromatic heterocycles. The fourth-order valence-corrected chi connectivity index (χ4v) is 2.39. The molecular weight excluding hydrogens is 246 g/mol. The van der Waals surface area contributed by atoms with E-state index in [-0.39, 0.29) is 12.0 Å². The third-order valence-electron chi connectivity index (χ3n) is 3.53. The first kappa shape index (κ1) is 13.3. The molecule has 0 aliphatic heterocycles. The summed E-state index contributed by atoms with van der Waals surface area (Å²) in [7, 11) is 0. The molecule has 5 heteroatoms. The topological polar surface area (TPSA) is 102 Å². The summed E-state index contributed by atoms with van der Waals surface area (Å²) in [5, 5.41) is 18.4. The second-order valence-corrected chi connectivity index (χ2v) is 5.03. The Morgan fingerprint density at radius 1 is 1.26 bits per heavy atom. The van der Waals surface area contributed by atoms with E-state index < -0.39 is 23.4 Å². The fourth-order valence-electron chi connectivity index (χ4n) is 2.39. The normalized spacial score (nSPS) is 26.0. The van der Waals surface area contributed by atoms with Gasteiger partial charge in [0.2, 0.25) is 5.54 Å². The van der Waals surface area contributed by atoms with Crippen LogP contribution in [-0.2, 0) is 9.59 Å². The maximum Gasteiger partial charge on any atom is 0.369 e. The molecule has 5 nitrogen and oxygen atoms in total. The molecule has 19 heavy (non-hydrogen) atoms. The molecule has 1 aromatic rings. The van der Waals surface area contributed by atoms with Crippen LogP contribution in [0.2, 0.25) is 0 Å². The highest BCUT2D eigenvalue weighted by atomic mass is 16.4. The third-order valence-corrected chi connectivity index (χ3v) is 3.53. The molecule has 0 unspecified atom stereocenters. The number of quaternary nitrogens is 1. The van der Waals surface area contributed by atoms with Gasteiger partial charge in [0.1, 0.15) is 0 Å². The van der Waals surface area contributed by atoms with Crippen molar-refractivity contribution in [2.75, 3.05) is 0 Å². The number of hydrogen-bond donors (Lipinski definition) is 3. The van der Waals surface area contributed by atoms with Gasteiger partial charge in [-0.3, -0.25) is 0 Å². The zero-order valence-corrected chi connectivity index (χ0v) is 10.6. The van der Waals surface area contributed by atoms with Crippen LogP contribution in [0.25, 0.3) is 0 Å². The Morgan fingerprint density at radius 2 is 1.84 bits per heavy atom. The van der Waals surface area contributed by atoms with Crippen molar-refractivity contribution in [1.29, 1.82) is 0 Å². The summed E-state index contributed by atoms with van der Waals surface area (Å²) in [6.07, 6.45) is 1.44. The van der Waals surface area contributed by atoms with Crippen molar-refractivity contribution in [3.8, 4) is 0 Å². The molecule has 2 rings (SSSR count). The van der Waals surface area contributed by atoms with Crippen LogP contribution in [0.1, 0.15) is 23.5 Å². The molecule has 0 amide bonds. The Morgan fingerprint density at radius 3 is 2.32 bits per heavy atom. The molecule has 1 aliphatic rings. The van der Waals surface area contributed by atoms with Gasteiger partial charge in [0.05, 0.1) is 0 Å². The Labute approximate surface area is 110 Å². The van der Waals surface area contributed by atoms with Gasteiger partial charge >= 0.3 is 11.9 Å². The molecule has 1 aliphatic carbocycles. The molecule has 2 atom stereocenters. The van der Waals surface area contributed by atoms with Crippen LogP contribution in [0.4, 0.5) is 0 Å². The van der Waals surface area contributed by atoms with E-state index >= 15 is 0 Å². The van der Waals surface area contributed by atoms with Gasteiger partial charge in [-0.05, 0) is 18.6 Å². The monoisotopic (exact) mass is 262 g/mol. The molecular formula is C14H16NO4+. The molecule has 0 radical (unpaired) electrons. The van der Waals surface area contributed by atoms with E-state index in [0.717, 1.165) is 11.1 Å². The average molecular weight is 262 g/mol. The molecule has 0 spiro atoms. The van der Waals surface area contributed by atoms with Gasteiger partial charge in [-0.1, -0.05) is 29.8 Å². The van der Waals surface area contributed by atoms with Gasteiger partial charge in [-0.2, -0.15) is 0 Å². The van der Waals surface area contributed by atoms with Crippen LogP contribution in [-0.4, -0.2) is 27.7 Å². The molecule has 0 saturated heterocycles. The smallest absolute Gasteiger partial charge is 0.369 e. The van der Waals surface area contributed by atoms with E-state index in [0.29, 0.717) is 0 Å². The fraction of sp³-hybridized carbons (Fsp3) is 0.286. The minimum absolute atomic E-state index is 0.112. The SMILES string of the molecule is Cc1ccc([C@@H]2C[C@@]([NH3+])(C(=O)O)C=C2C(=O)O)cc1. The number of aryl methyl sites for hydroxylation is 1. The number of benzene rings is 1. The summed E-state index contributed by atoms with van der Waals surface area (Å²) >= 11 is 0. The Bertz CT molecular complexity index is 561. The predicted octanol–water partition coefficient (Wildman–Crippen LogP) is 0.559. The minimum atomic E-state index is -1.36. The summed E-state index contributed by atoms with van der Waals surface area (Å²) < 4.78 is 0. The van der Waals surface area contributed by atoms with Crippen LogP contribution >= 0.6 is 0 Å². The molecule has 5 N–H and O–H groups in total. The van der Waals surface area contributed by atoms with Crippen molar-refractivity contribution in [2.45, 2.75) is 24.8 Å². The van der Waals surface area contributed by atoms with Crippen LogP contribution in [0.3, 0.4) is 0 Å². The number of rotatable bonds is 3. The van der Waals surface area contributed by atoms with Gasteiger partial charge < -0.3 is 15.9 Å². The molecule has 0 saturated carbocycles. The van der Waals surface area contributed by atoms with E-state index in [1.54, 1.807) is 0 Å². The average Bonchev–Trinajstić information content (AvgIpc) is 2.70. The maximum absolute atomic E-state index is 11.3. The summed E-state index contributed by atoms with van der Waals surface area (Å²) in [6.45, 7) is 1.94. The number of carbonyl (C=O) groups is 2. The van der Waals surface area contributed by atoms with Crippen molar-refractivity contribution in [2.24, 2.45) is 0 Å². The lowest BCUT2D eigenvalue weighted by Crippen LogP contribution is -2.75. The van der Waals surface area contributed by atoms with Crippen LogP contribution in [0.15, 0.2) is 35.9 Å². The van der Waals surface area contributed by atoms with E-state index in [2.05, 4.69) is 5.73 Å². The van der Waals surface area contributed by atoms with Crippen molar-refractivity contribution in [1.82, 2.24) is 0 Å². The summed E-state index contributed by atoms with van der Waals surface area (Å²) in [4.78, 5) is 22.5. The summed E-state index contributed by atoms with van der Waals surface area (Å²) in [5.74, 6) is -2.61. The molecule has 100 valence electrons. The lowest BCUT2D eigenvalue weighted by Gasteiger charge is -2.16. The first-order valence-electron chi connectivity index (χ1n) is 5.95. The third kappa shape index (κ3) is 2.37. The molecule has 0 bridgehead atoms. The van der Waals surface area contributed by atoms with Gasteiger partial charge in [0.15, 0.2) is 0 Å². The van der Waals surface area contributed by atoms with Gasteiger partial charge in [0, 0.05) is 17.9 Å². The van der Waals surface area contributed by atoms with Crippen molar-refractivity contribution < 1.29 is 25.5 Å².